The number of nitrogens with zero attached hydrogens (tertiary/aromatic N) is 2. The molecular formula is C16H27N3. The highest BCUT2D eigenvalue weighted by molar-refractivity contribution is 5.14. The lowest BCUT2D eigenvalue weighted by atomic mass is 9.95. The van der Waals surface area contributed by atoms with Gasteiger partial charge in [-0.05, 0) is 56.5 Å². The second kappa shape index (κ2) is 7.01. The fourth-order valence-electron chi connectivity index (χ4n) is 2.87. The van der Waals surface area contributed by atoms with E-state index in [0.717, 1.165) is 12.5 Å². The Bertz CT molecular complexity index is 364. The molecule has 1 aromatic heterocycles. The molecule has 0 aliphatic carbocycles. The maximum atomic E-state index is 4.11. The highest BCUT2D eigenvalue weighted by Crippen LogP contribution is 2.25. The van der Waals surface area contributed by atoms with Gasteiger partial charge in [-0.3, -0.25) is 9.88 Å². The van der Waals surface area contributed by atoms with Gasteiger partial charge in [0.2, 0.25) is 0 Å². The molecule has 0 amide bonds. The number of nitrogens with one attached hydrogen (secondary N) is 1. The Morgan fingerprint density at radius 1 is 1.32 bits per heavy atom. The minimum absolute atomic E-state index is 0.504. The van der Waals surface area contributed by atoms with E-state index in [0.29, 0.717) is 12.1 Å². The number of hydrogen-bond donors (Lipinski definition) is 1. The van der Waals surface area contributed by atoms with Gasteiger partial charge in [-0.15, -0.1) is 0 Å². The van der Waals surface area contributed by atoms with E-state index in [1.807, 2.05) is 12.4 Å². The van der Waals surface area contributed by atoms with Crippen LogP contribution in [0, 0.1) is 5.92 Å². The SMILES string of the molecule is CC(C)NCC1CCCN(C(C)c2ccncc2)C1. The number of piperidine rings is 1. The smallest absolute Gasteiger partial charge is 0.0321 e. The van der Waals surface area contributed by atoms with Gasteiger partial charge in [0.25, 0.3) is 0 Å². The summed E-state index contributed by atoms with van der Waals surface area (Å²) in [6.07, 6.45) is 6.47. The van der Waals surface area contributed by atoms with Crippen molar-refractivity contribution >= 4 is 0 Å². The number of pyridine rings is 1. The summed E-state index contributed by atoms with van der Waals surface area (Å²) in [7, 11) is 0. The molecule has 0 spiro atoms. The van der Waals surface area contributed by atoms with Crippen LogP contribution in [0.3, 0.4) is 0 Å². The van der Waals surface area contributed by atoms with Gasteiger partial charge in [-0.25, -0.2) is 0 Å². The Morgan fingerprint density at radius 2 is 2.05 bits per heavy atom. The molecule has 2 heterocycles. The maximum absolute atomic E-state index is 4.11. The van der Waals surface area contributed by atoms with Crippen molar-refractivity contribution in [1.82, 2.24) is 15.2 Å². The average molecular weight is 261 g/mol. The van der Waals surface area contributed by atoms with Crippen molar-refractivity contribution in [2.24, 2.45) is 5.92 Å². The van der Waals surface area contributed by atoms with Crippen molar-refractivity contribution in [3.8, 4) is 0 Å². The summed E-state index contributed by atoms with van der Waals surface area (Å²) >= 11 is 0. The first-order valence-corrected chi connectivity index (χ1v) is 7.54. The summed E-state index contributed by atoms with van der Waals surface area (Å²) in [5.74, 6) is 0.792. The van der Waals surface area contributed by atoms with Crippen LogP contribution in [0.25, 0.3) is 0 Å². The van der Waals surface area contributed by atoms with Gasteiger partial charge < -0.3 is 5.32 Å². The van der Waals surface area contributed by atoms with Crippen LogP contribution in [0.15, 0.2) is 24.5 Å². The first kappa shape index (κ1) is 14.5. The monoisotopic (exact) mass is 261 g/mol. The van der Waals surface area contributed by atoms with E-state index in [1.54, 1.807) is 0 Å². The summed E-state index contributed by atoms with van der Waals surface area (Å²) in [6.45, 7) is 10.3. The van der Waals surface area contributed by atoms with Crippen molar-refractivity contribution < 1.29 is 0 Å². The Labute approximate surface area is 117 Å². The first-order valence-electron chi connectivity index (χ1n) is 7.54. The lowest BCUT2D eigenvalue weighted by Crippen LogP contribution is -2.41. The topological polar surface area (TPSA) is 28.2 Å². The van der Waals surface area contributed by atoms with Crippen molar-refractivity contribution in [3.05, 3.63) is 30.1 Å². The quantitative estimate of drug-likeness (QED) is 0.883. The third-order valence-corrected chi connectivity index (χ3v) is 4.10. The summed E-state index contributed by atoms with van der Waals surface area (Å²) in [4.78, 5) is 6.72. The zero-order valence-electron chi connectivity index (χ0n) is 12.5. The Morgan fingerprint density at radius 3 is 2.74 bits per heavy atom. The van der Waals surface area contributed by atoms with Crippen LogP contribution in [-0.4, -0.2) is 35.6 Å². The zero-order chi connectivity index (χ0) is 13.7. The van der Waals surface area contributed by atoms with Crippen LogP contribution in [0.4, 0.5) is 0 Å². The first-order chi connectivity index (χ1) is 9.16. The van der Waals surface area contributed by atoms with E-state index in [4.69, 9.17) is 0 Å². The van der Waals surface area contributed by atoms with E-state index >= 15 is 0 Å². The third-order valence-electron chi connectivity index (χ3n) is 4.10. The van der Waals surface area contributed by atoms with Gasteiger partial charge in [-0.1, -0.05) is 13.8 Å². The van der Waals surface area contributed by atoms with E-state index < -0.39 is 0 Å². The third kappa shape index (κ3) is 4.29. The lowest BCUT2D eigenvalue weighted by Gasteiger charge is -2.37. The minimum atomic E-state index is 0.504. The molecule has 0 bridgehead atoms. The van der Waals surface area contributed by atoms with Crippen molar-refractivity contribution in [1.29, 1.82) is 0 Å². The average Bonchev–Trinajstić information content (AvgIpc) is 2.45. The maximum Gasteiger partial charge on any atom is 0.0321 e. The van der Waals surface area contributed by atoms with Crippen LogP contribution < -0.4 is 5.32 Å². The Balaban J connectivity index is 1.90. The van der Waals surface area contributed by atoms with Crippen LogP contribution in [-0.2, 0) is 0 Å². The molecule has 2 rings (SSSR count). The molecule has 1 N–H and O–H groups in total. The predicted octanol–water partition coefficient (Wildman–Crippen LogP) is 2.85. The number of likely N-dealkylation sites (tertiary alicyclic amines) is 1. The normalized spacial score (nSPS) is 22.6. The molecule has 2 atom stereocenters. The molecule has 1 aliphatic rings. The fourth-order valence-corrected chi connectivity index (χ4v) is 2.87. The van der Waals surface area contributed by atoms with Gasteiger partial charge in [-0.2, -0.15) is 0 Å². The molecule has 3 nitrogen and oxygen atoms in total. The molecule has 1 aromatic rings. The molecule has 0 radical (unpaired) electrons. The zero-order valence-corrected chi connectivity index (χ0v) is 12.5. The second-order valence-corrected chi connectivity index (χ2v) is 6.02. The lowest BCUT2D eigenvalue weighted by molar-refractivity contribution is 0.129. The highest BCUT2D eigenvalue weighted by atomic mass is 15.2. The van der Waals surface area contributed by atoms with Crippen LogP contribution in [0.1, 0.15) is 45.2 Å². The van der Waals surface area contributed by atoms with Crippen molar-refractivity contribution in [2.45, 2.75) is 45.7 Å². The molecular weight excluding hydrogens is 234 g/mol. The molecule has 0 saturated carbocycles. The molecule has 0 aromatic carbocycles. The molecule has 1 saturated heterocycles. The second-order valence-electron chi connectivity index (χ2n) is 6.02. The highest BCUT2D eigenvalue weighted by Gasteiger charge is 2.24. The van der Waals surface area contributed by atoms with E-state index in [1.165, 1.54) is 31.5 Å². The van der Waals surface area contributed by atoms with Gasteiger partial charge >= 0.3 is 0 Å². The standard InChI is InChI=1S/C16H27N3/c1-13(2)18-11-15-5-4-10-19(12-15)14(3)16-6-8-17-9-7-16/h6-9,13-15,18H,4-5,10-12H2,1-3H3. The number of hydrogen-bond acceptors (Lipinski definition) is 3. The summed E-state index contributed by atoms with van der Waals surface area (Å²) in [5, 5.41) is 3.58. The Hall–Kier alpha value is -0.930. The number of rotatable bonds is 5. The van der Waals surface area contributed by atoms with Crippen molar-refractivity contribution in [3.63, 3.8) is 0 Å². The van der Waals surface area contributed by atoms with Crippen LogP contribution >= 0.6 is 0 Å². The number of aromatic nitrogens is 1. The molecule has 19 heavy (non-hydrogen) atoms. The minimum Gasteiger partial charge on any atom is -0.314 e. The molecule has 2 unspecified atom stereocenters. The largest absolute Gasteiger partial charge is 0.314 e. The van der Waals surface area contributed by atoms with Gasteiger partial charge in [0, 0.05) is 31.0 Å². The van der Waals surface area contributed by atoms with E-state index in [9.17, 15) is 0 Å². The summed E-state index contributed by atoms with van der Waals surface area (Å²) < 4.78 is 0. The fraction of sp³-hybridized carbons (Fsp3) is 0.688. The molecule has 3 heteroatoms. The Kier molecular flexibility index (Phi) is 5.34. The molecule has 106 valence electrons. The van der Waals surface area contributed by atoms with E-state index in [-0.39, 0.29) is 0 Å². The van der Waals surface area contributed by atoms with Gasteiger partial charge in [0.15, 0.2) is 0 Å². The van der Waals surface area contributed by atoms with Gasteiger partial charge in [0.05, 0.1) is 0 Å². The van der Waals surface area contributed by atoms with Crippen molar-refractivity contribution in [2.75, 3.05) is 19.6 Å². The van der Waals surface area contributed by atoms with E-state index in [2.05, 4.69) is 48.1 Å². The predicted molar refractivity (Wildman–Crippen MR) is 80.1 cm³/mol. The molecule has 1 aliphatic heterocycles. The van der Waals surface area contributed by atoms with Gasteiger partial charge in [0.1, 0.15) is 0 Å². The molecule has 1 fully saturated rings. The van der Waals surface area contributed by atoms with Crippen LogP contribution in [0.2, 0.25) is 0 Å². The summed E-state index contributed by atoms with van der Waals surface area (Å²) in [5.41, 5.74) is 1.38. The van der Waals surface area contributed by atoms with Crippen LogP contribution in [0.5, 0.6) is 0 Å². The summed E-state index contributed by atoms with van der Waals surface area (Å²) in [6, 6.07) is 5.37.